The van der Waals surface area contributed by atoms with Crippen LogP contribution in [0.2, 0.25) is 0 Å². The number of fused-ring (bicyclic) bond motifs is 1. The number of hydrogen-bond acceptors (Lipinski definition) is 8. The third-order valence-corrected chi connectivity index (χ3v) is 5.89. The lowest BCUT2D eigenvalue weighted by Gasteiger charge is -2.19. The third-order valence-electron chi connectivity index (χ3n) is 5.89. The van der Waals surface area contributed by atoms with Crippen LogP contribution < -0.4 is 10.6 Å². The van der Waals surface area contributed by atoms with Gasteiger partial charge < -0.3 is 20.6 Å². The van der Waals surface area contributed by atoms with Crippen molar-refractivity contribution in [3.8, 4) is 17.1 Å². The molecule has 3 aromatic heterocycles. The molecule has 0 saturated heterocycles. The first kappa shape index (κ1) is 24.1. The van der Waals surface area contributed by atoms with Crippen LogP contribution >= 0.6 is 0 Å². The number of aromatic hydroxyl groups is 1. The molecule has 0 aliphatic heterocycles. The fourth-order valence-corrected chi connectivity index (χ4v) is 3.89. The van der Waals surface area contributed by atoms with Crippen LogP contribution in [0.25, 0.3) is 22.3 Å². The molecule has 182 valence electrons. The Hall–Kier alpha value is -4.05. The first-order valence-electron chi connectivity index (χ1n) is 11.5. The molecule has 10 heteroatoms. The van der Waals surface area contributed by atoms with E-state index in [1.807, 2.05) is 37.7 Å². The number of likely N-dealkylation sites (N-methyl/N-ethyl adjacent to an activating group) is 1. The molecule has 10 nitrogen and oxygen atoms in total. The molecule has 0 unspecified atom stereocenters. The minimum atomic E-state index is -0.189. The van der Waals surface area contributed by atoms with Gasteiger partial charge in [-0.05, 0) is 57.3 Å². The summed E-state index contributed by atoms with van der Waals surface area (Å²) >= 11 is 0. The maximum atomic E-state index is 13.6. The van der Waals surface area contributed by atoms with E-state index in [0.29, 0.717) is 40.2 Å². The summed E-state index contributed by atoms with van der Waals surface area (Å²) in [5.74, 6) is 0.542. The van der Waals surface area contributed by atoms with Gasteiger partial charge in [0.1, 0.15) is 17.3 Å². The molecule has 0 aliphatic rings. The molecule has 35 heavy (non-hydrogen) atoms. The number of nitrogens with one attached hydrogen (secondary N) is 2. The van der Waals surface area contributed by atoms with Crippen molar-refractivity contribution in [2.24, 2.45) is 0 Å². The molecular weight excluding hydrogens is 444 g/mol. The summed E-state index contributed by atoms with van der Waals surface area (Å²) in [4.78, 5) is 19.9. The summed E-state index contributed by atoms with van der Waals surface area (Å²) < 4.78 is 1.90. The molecule has 4 rings (SSSR count). The SMILES string of the molecule is CCn1ncc(CN(C)C(=O)c2cc(-c3ccc(NCCNC)nn3)nc3ccc(O)cc23)c1C. The number of pyridine rings is 1. The van der Waals surface area contributed by atoms with Crippen molar-refractivity contribution in [2.75, 3.05) is 32.5 Å². The highest BCUT2D eigenvalue weighted by molar-refractivity contribution is 6.07. The Balaban J connectivity index is 1.67. The van der Waals surface area contributed by atoms with Gasteiger partial charge in [-0.25, -0.2) is 4.98 Å². The van der Waals surface area contributed by atoms with Crippen LogP contribution in [0.15, 0.2) is 42.6 Å². The van der Waals surface area contributed by atoms with Crippen molar-refractivity contribution in [1.29, 1.82) is 0 Å². The van der Waals surface area contributed by atoms with Crippen molar-refractivity contribution < 1.29 is 9.90 Å². The van der Waals surface area contributed by atoms with Gasteiger partial charge in [0.25, 0.3) is 5.91 Å². The van der Waals surface area contributed by atoms with E-state index in [1.165, 1.54) is 0 Å². The number of phenolic OH excluding ortho intramolecular Hbond substituents is 1. The second-order valence-corrected chi connectivity index (χ2v) is 8.32. The van der Waals surface area contributed by atoms with E-state index in [0.717, 1.165) is 30.9 Å². The van der Waals surface area contributed by atoms with Gasteiger partial charge in [-0.15, -0.1) is 10.2 Å². The van der Waals surface area contributed by atoms with Gasteiger partial charge in [-0.3, -0.25) is 9.48 Å². The molecule has 0 bridgehead atoms. The number of aromatic nitrogens is 5. The molecule has 1 aromatic carbocycles. The van der Waals surface area contributed by atoms with Gasteiger partial charge >= 0.3 is 0 Å². The monoisotopic (exact) mass is 474 g/mol. The molecule has 3 N–H and O–H groups in total. The third kappa shape index (κ3) is 5.22. The fourth-order valence-electron chi connectivity index (χ4n) is 3.89. The number of hydrogen-bond donors (Lipinski definition) is 3. The highest BCUT2D eigenvalue weighted by Crippen LogP contribution is 2.28. The van der Waals surface area contributed by atoms with Gasteiger partial charge in [-0.2, -0.15) is 5.10 Å². The number of amides is 1. The number of benzene rings is 1. The van der Waals surface area contributed by atoms with Crippen molar-refractivity contribution in [1.82, 2.24) is 35.2 Å². The first-order valence-corrected chi connectivity index (χ1v) is 11.5. The van der Waals surface area contributed by atoms with E-state index >= 15 is 0 Å². The van der Waals surface area contributed by atoms with Crippen molar-refractivity contribution in [3.63, 3.8) is 0 Å². The van der Waals surface area contributed by atoms with E-state index in [-0.39, 0.29) is 11.7 Å². The molecule has 0 radical (unpaired) electrons. The zero-order chi connectivity index (χ0) is 24.9. The minimum absolute atomic E-state index is 0.0700. The second kappa shape index (κ2) is 10.5. The van der Waals surface area contributed by atoms with Crippen molar-refractivity contribution in [3.05, 3.63) is 59.4 Å². The number of rotatable bonds is 9. The molecule has 0 spiro atoms. The molecule has 1 amide bonds. The van der Waals surface area contributed by atoms with E-state index in [9.17, 15) is 9.90 Å². The molecular formula is C25H30N8O2. The Morgan fingerprint density at radius 1 is 1.11 bits per heavy atom. The largest absolute Gasteiger partial charge is 0.508 e. The normalized spacial score (nSPS) is 11.1. The van der Waals surface area contributed by atoms with Crippen LogP contribution in [-0.2, 0) is 13.1 Å². The number of carbonyl (C=O) groups is 1. The van der Waals surface area contributed by atoms with Gasteiger partial charge in [0.05, 0.1) is 23.0 Å². The Morgan fingerprint density at radius 2 is 1.94 bits per heavy atom. The fraction of sp³-hybridized carbons (Fsp3) is 0.320. The van der Waals surface area contributed by atoms with E-state index in [2.05, 4.69) is 30.9 Å². The zero-order valence-corrected chi connectivity index (χ0v) is 20.4. The lowest BCUT2D eigenvalue weighted by atomic mass is 10.0. The molecule has 0 fully saturated rings. The van der Waals surface area contributed by atoms with Crippen LogP contribution in [0, 0.1) is 6.92 Å². The lowest BCUT2D eigenvalue weighted by molar-refractivity contribution is 0.0787. The van der Waals surface area contributed by atoms with Gasteiger partial charge in [0, 0.05) is 49.9 Å². The van der Waals surface area contributed by atoms with Crippen molar-refractivity contribution in [2.45, 2.75) is 26.9 Å². The molecule has 0 aliphatic carbocycles. The molecule has 0 atom stereocenters. The summed E-state index contributed by atoms with van der Waals surface area (Å²) in [6, 6.07) is 10.2. The number of anilines is 1. The Bertz CT molecular complexity index is 1330. The highest BCUT2D eigenvalue weighted by Gasteiger charge is 2.20. The summed E-state index contributed by atoms with van der Waals surface area (Å²) in [6.45, 7) is 6.74. The summed E-state index contributed by atoms with van der Waals surface area (Å²) in [5, 5.41) is 29.8. The van der Waals surface area contributed by atoms with Gasteiger partial charge in [-0.1, -0.05) is 0 Å². The summed E-state index contributed by atoms with van der Waals surface area (Å²) in [6.07, 6.45) is 1.80. The predicted molar refractivity (Wildman–Crippen MR) is 135 cm³/mol. The van der Waals surface area contributed by atoms with Crippen LogP contribution in [0.5, 0.6) is 5.75 Å². The van der Waals surface area contributed by atoms with E-state index in [4.69, 9.17) is 0 Å². The maximum Gasteiger partial charge on any atom is 0.254 e. The van der Waals surface area contributed by atoms with Crippen LogP contribution in [-0.4, -0.2) is 68.1 Å². The van der Waals surface area contributed by atoms with Gasteiger partial charge in [0.15, 0.2) is 0 Å². The minimum Gasteiger partial charge on any atom is -0.508 e. The molecule has 3 heterocycles. The van der Waals surface area contributed by atoms with E-state index < -0.39 is 0 Å². The van der Waals surface area contributed by atoms with Gasteiger partial charge in [0.2, 0.25) is 0 Å². The van der Waals surface area contributed by atoms with Crippen molar-refractivity contribution >= 4 is 22.6 Å². The Labute approximate surface area is 204 Å². The number of phenols is 1. The second-order valence-electron chi connectivity index (χ2n) is 8.32. The zero-order valence-electron chi connectivity index (χ0n) is 20.4. The number of nitrogens with zero attached hydrogens (tertiary/aromatic N) is 6. The average molecular weight is 475 g/mol. The van der Waals surface area contributed by atoms with Crippen LogP contribution in [0.4, 0.5) is 5.82 Å². The highest BCUT2D eigenvalue weighted by atomic mass is 16.3. The number of carbonyl (C=O) groups excluding carboxylic acids is 1. The van der Waals surface area contributed by atoms with E-state index in [1.54, 1.807) is 42.4 Å². The molecule has 0 saturated carbocycles. The Kier molecular flexibility index (Phi) is 7.21. The standard InChI is InChI=1S/C25H30N8O2/c1-5-33-16(2)17(14-28-33)15-32(4)25(35)20-13-23(29-21-7-6-18(34)12-19(20)21)22-8-9-24(31-30-22)27-11-10-26-3/h6-9,12-14,26,34H,5,10-11,15H2,1-4H3,(H,27,31). The topological polar surface area (TPSA) is 121 Å². The first-order chi connectivity index (χ1) is 16.9. The maximum absolute atomic E-state index is 13.6. The number of aryl methyl sites for hydroxylation is 1. The van der Waals surface area contributed by atoms with Crippen LogP contribution in [0.1, 0.15) is 28.5 Å². The average Bonchev–Trinajstić information content (AvgIpc) is 3.22. The molecule has 4 aromatic rings. The predicted octanol–water partition coefficient (Wildman–Crippen LogP) is 2.83. The smallest absolute Gasteiger partial charge is 0.254 e. The quantitative estimate of drug-likeness (QED) is 0.317. The van der Waals surface area contributed by atoms with Crippen LogP contribution in [0.3, 0.4) is 0 Å². The summed E-state index contributed by atoms with van der Waals surface area (Å²) in [7, 11) is 3.64. The lowest BCUT2D eigenvalue weighted by Crippen LogP contribution is -2.27. The summed E-state index contributed by atoms with van der Waals surface area (Å²) in [5.41, 5.74) is 4.12. The Morgan fingerprint density at radius 3 is 2.63 bits per heavy atom.